The van der Waals surface area contributed by atoms with Crippen molar-refractivity contribution < 1.29 is 19.7 Å². The number of anilines is 4. The fourth-order valence-electron chi connectivity index (χ4n) is 3.02. The van der Waals surface area contributed by atoms with Crippen molar-refractivity contribution in [1.29, 1.82) is 0 Å². The summed E-state index contributed by atoms with van der Waals surface area (Å²) in [5, 5.41) is 24.6. The van der Waals surface area contributed by atoms with Crippen molar-refractivity contribution in [2.24, 2.45) is 0 Å². The molecule has 1 amide bonds. The lowest BCUT2D eigenvalue weighted by molar-refractivity contribution is -0.134. The van der Waals surface area contributed by atoms with Gasteiger partial charge in [-0.1, -0.05) is 18.2 Å². The molecule has 0 aliphatic heterocycles. The number of carbonyl (C=O) groups is 1. The van der Waals surface area contributed by atoms with E-state index in [2.05, 4.69) is 20.6 Å². The molecular formula is C23H27N5O4. The molecule has 9 nitrogen and oxygen atoms in total. The third-order valence-electron chi connectivity index (χ3n) is 4.52. The standard InChI is InChI=1S/C23H27N5O4/c1-17-4-2-5-18(12-17)26-21-14-22(25-16-24-21)27-19-6-3-7-20(13-19)32-15-23(31)28(8-10-29)9-11-30/h2-7,12-14,16,29-30H,8-11,15H2,1H3,(H2,24,25,26,27). The number of benzene rings is 2. The Balaban J connectivity index is 1.61. The van der Waals surface area contributed by atoms with Crippen LogP contribution in [0.5, 0.6) is 5.75 Å². The molecule has 1 heterocycles. The van der Waals surface area contributed by atoms with Gasteiger partial charge < -0.3 is 30.5 Å². The number of amides is 1. The van der Waals surface area contributed by atoms with Gasteiger partial charge in [0, 0.05) is 36.6 Å². The van der Waals surface area contributed by atoms with Crippen LogP contribution in [0.25, 0.3) is 0 Å². The van der Waals surface area contributed by atoms with Crippen molar-refractivity contribution in [2.45, 2.75) is 6.92 Å². The summed E-state index contributed by atoms with van der Waals surface area (Å²) in [6, 6.07) is 16.9. The van der Waals surface area contributed by atoms with Crippen molar-refractivity contribution in [2.75, 3.05) is 43.5 Å². The van der Waals surface area contributed by atoms with Crippen LogP contribution in [0.2, 0.25) is 0 Å². The van der Waals surface area contributed by atoms with Crippen LogP contribution < -0.4 is 15.4 Å². The smallest absolute Gasteiger partial charge is 0.260 e. The second-order valence-corrected chi connectivity index (χ2v) is 7.05. The lowest BCUT2D eigenvalue weighted by Crippen LogP contribution is -2.38. The van der Waals surface area contributed by atoms with E-state index in [1.165, 1.54) is 11.2 Å². The van der Waals surface area contributed by atoms with E-state index in [4.69, 9.17) is 14.9 Å². The Bertz CT molecular complexity index is 1020. The van der Waals surface area contributed by atoms with Crippen molar-refractivity contribution in [3.8, 4) is 5.75 Å². The first kappa shape index (κ1) is 23.0. The summed E-state index contributed by atoms with van der Waals surface area (Å²) in [5.41, 5.74) is 2.82. The number of hydrogen-bond acceptors (Lipinski definition) is 8. The lowest BCUT2D eigenvalue weighted by Gasteiger charge is -2.20. The van der Waals surface area contributed by atoms with E-state index in [-0.39, 0.29) is 38.8 Å². The summed E-state index contributed by atoms with van der Waals surface area (Å²) < 4.78 is 5.59. The highest BCUT2D eigenvalue weighted by Crippen LogP contribution is 2.23. The molecule has 4 N–H and O–H groups in total. The number of aryl methyl sites for hydroxylation is 1. The molecule has 1 aromatic heterocycles. The van der Waals surface area contributed by atoms with Crippen molar-refractivity contribution >= 4 is 28.9 Å². The van der Waals surface area contributed by atoms with Gasteiger partial charge in [-0.2, -0.15) is 0 Å². The number of aliphatic hydroxyl groups excluding tert-OH is 2. The van der Waals surface area contributed by atoms with E-state index in [1.54, 1.807) is 24.3 Å². The maximum absolute atomic E-state index is 12.2. The summed E-state index contributed by atoms with van der Waals surface area (Å²) in [4.78, 5) is 22.1. The predicted molar refractivity (Wildman–Crippen MR) is 122 cm³/mol. The normalized spacial score (nSPS) is 10.5. The fraction of sp³-hybridized carbons (Fsp3) is 0.261. The van der Waals surface area contributed by atoms with Crippen LogP contribution in [-0.2, 0) is 4.79 Å². The van der Waals surface area contributed by atoms with Gasteiger partial charge in [-0.3, -0.25) is 4.79 Å². The SMILES string of the molecule is Cc1cccc(Nc2cc(Nc3cccc(OCC(=O)N(CCO)CCO)c3)ncn2)c1. The first-order valence-corrected chi connectivity index (χ1v) is 10.2. The largest absolute Gasteiger partial charge is 0.484 e. The van der Waals surface area contributed by atoms with Gasteiger partial charge in [-0.15, -0.1) is 0 Å². The number of nitrogens with zero attached hydrogens (tertiary/aromatic N) is 3. The summed E-state index contributed by atoms with van der Waals surface area (Å²) >= 11 is 0. The zero-order chi connectivity index (χ0) is 22.8. The quantitative estimate of drug-likeness (QED) is 0.361. The number of carbonyl (C=O) groups excluding carboxylic acids is 1. The van der Waals surface area contributed by atoms with Gasteiger partial charge in [-0.05, 0) is 36.8 Å². The monoisotopic (exact) mass is 437 g/mol. The highest BCUT2D eigenvalue weighted by Gasteiger charge is 2.13. The van der Waals surface area contributed by atoms with E-state index in [0.717, 1.165) is 16.9 Å². The van der Waals surface area contributed by atoms with Gasteiger partial charge in [0.05, 0.1) is 13.2 Å². The summed E-state index contributed by atoms with van der Waals surface area (Å²) in [5.74, 6) is 1.44. The Morgan fingerprint density at radius 3 is 2.19 bits per heavy atom. The van der Waals surface area contributed by atoms with Gasteiger partial charge in [0.2, 0.25) is 0 Å². The van der Waals surface area contributed by atoms with Gasteiger partial charge in [0.15, 0.2) is 6.61 Å². The van der Waals surface area contributed by atoms with E-state index in [9.17, 15) is 4.79 Å². The van der Waals surface area contributed by atoms with E-state index in [0.29, 0.717) is 17.4 Å². The Labute approximate surface area is 186 Å². The zero-order valence-corrected chi connectivity index (χ0v) is 17.9. The molecule has 0 saturated carbocycles. The molecule has 9 heteroatoms. The first-order valence-electron chi connectivity index (χ1n) is 10.2. The van der Waals surface area contributed by atoms with Gasteiger partial charge >= 0.3 is 0 Å². The number of hydrogen-bond donors (Lipinski definition) is 4. The maximum Gasteiger partial charge on any atom is 0.260 e. The fourth-order valence-corrected chi connectivity index (χ4v) is 3.02. The zero-order valence-electron chi connectivity index (χ0n) is 17.9. The molecule has 0 fully saturated rings. The molecule has 0 unspecified atom stereocenters. The van der Waals surface area contributed by atoms with E-state index < -0.39 is 0 Å². The Kier molecular flexibility index (Phi) is 8.36. The van der Waals surface area contributed by atoms with Crippen LogP contribution in [0.3, 0.4) is 0 Å². The third kappa shape index (κ3) is 6.93. The number of aromatic nitrogens is 2. The highest BCUT2D eigenvalue weighted by molar-refractivity contribution is 5.77. The minimum Gasteiger partial charge on any atom is -0.484 e. The van der Waals surface area contributed by atoms with Crippen LogP contribution in [0.4, 0.5) is 23.0 Å². The number of rotatable bonds is 11. The van der Waals surface area contributed by atoms with Gasteiger partial charge in [0.25, 0.3) is 5.91 Å². The van der Waals surface area contributed by atoms with Crippen LogP contribution >= 0.6 is 0 Å². The molecule has 0 aliphatic rings. The van der Waals surface area contributed by atoms with Crippen LogP contribution in [-0.4, -0.2) is 63.9 Å². The van der Waals surface area contributed by atoms with Crippen LogP contribution in [0.1, 0.15) is 5.56 Å². The Morgan fingerprint density at radius 2 is 1.56 bits per heavy atom. The molecule has 0 atom stereocenters. The predicted octanol–water partition coefficient (Wildman–Crippen LogP) is 2.46. The summed E-state index contributed by atoms with van der Waals surface area (Å²) in [6.07, 6.45) is 1.47. The van der Waals surface area contributed by atoms with Crippen LogP contribution in [0, 0.1) is 6.92 Å². The maximum atomic E-state index is 12.2. The van der Waals surface area contributed by atoms with Gasteiger partial charge in [0.1, 0.15) is 23.7 Å². The second kappa shape index (κ2) is 11.6. The second-order valence-electron chi connectivity index (χ2n) is 7.05. The average Bonchev–Trinajstić information content (AvgIpc) is 2.78. The Morgan fingerprint density at radius 1 is 0.938 bits per heavy atom. The molecule has 0 bridgehead atoms. The number of ether oxygens (including phenoxy) is 1. The number of aliphatic hydroxyl groups is 2. The molecule has 168 valence electrons. The third-order valence-corrected chi connectivity index (χ3v) is 4.52. The molecule has 3 aromatic rings. The highest BCUT2D eigenvalue weighted by atomic mass is 16.5. The Hall–Kier alpha value is -3.69. The molecule has 0 saturated heterocycles. The summed E-state index contributed by atoms with van der Waals surface area (Å²) in [6.45, 7) is 1.78. The van der Waals surface area contributed by atoms with E-state index >= 15 is 0 Å². The molecule has 2 aromatic carbocycles. The van der Waals surface area contributed by atoms with Crippen molar-refractivity contribution in [3.05, 3.63) is 66.5 Å². The number of nitrogens with one attached hydrogen (secondary N) is 2. The summed E-state index contributed by atoms with van der Waals surface area (Å²) in [7, 11) is 0. The lowest BCUT2D eigenvalue weighted by atomic mass is 10.2. The molecule has 3 rings (SSSR count). The molecule has 32 heavy (non-hydrogen) atoms. The molecular weight excluding hydrogens is 410 g/mol. The van der Waals surface area contributed by atoms with Crippen molar-refractivity contribution in [1.82, 2.24) is 14.9 Å². The minimum absolute atomic E-state index is 0.150. The molecule has 0 spiro atoms. The molecule has 0 aliphatic carbocycles. The molecule has 0 radical (unpaired) electrons. The van der Waals surface area contributed by atoms with Gasteiger partial charge in [-0.25, -0.2) is 9.97 Å². The first-order chi connectivity index (χ1) is 15.6. The van der Waals surface area contributed by atoms with Crippen molar-refractivity contribution in [3.63, 3.8) is 0 Å². The van der Waals surface area contributed by atoms with E-state index in [1.807, 2.05) is 37.3 Å². The average molecular weight is 438 g/mol. The minimum atomic E-state index is -0.311. The topological polar surface area (TPSA) is 120 Å². The van der Waals surface area contributed by atoms with Crippen LogP contribution in [0.15, 0.2) is 60.9 Å².